The van der Waals surface area contributed by atoms with Crippen LogP contribution in [0.25, 0.3) is 11.3 Å². The molecule has 4 rings (SSSR count). The number of aromatic nitrogens is 1. The lowest BCUT2D eigenvalue weighted by Crippen LogP contribution is -2.14. The Balaban J connectivity index is 1.41. The Bertz CT molecular complexity index is 923. The maximum atomic E-state index is 13.3. The first-order valence-corrected chi connectivity index (χ1v) is 8.76. The summed E-state index contributed by atoms with van der Waals surface area (Å²) >= 11 is 1.31. The van der Waals surface area contributed by atoms with Gasteiger partial charge < -0.3 is 5.32 Å². The van der Waals surface area contributed by atoms with Crippen molar-refractivity contribution in [1.82, 2.24) is 4.98 Å². The molecular formula is C19H14F2N2OS. The molecule has 1 N–H and O–H groups in total. The second-order valence-corrected chi connectivity index (χ2v) is 6.90. The predicted molar refractivity (Wildman–Crippen MR) is 93.4 cm³/mol. The van der Waals surface area contributed by atoms with E-state index in [2.05, 4.69) is 10.3 Å². The number of nitrogens with zero attached hydrogens (tertiary/aromatic N) is 1. The molecule has 126 valence electrons. The molecular weight excluding hydrogens is 342 g/mol. The Morgan fingerprint density at radius 3 is 2.68 bits per heavy atom. The van der Waals surface area contributed by atoms with Gasteiger partial charge in [-0.1, -0.05) is 24.3 Å². The van der Waals surface area contributed by atoms with Crippen LogP contribution in [0.2, 0.25) is 0 Å². The first kappa shape index (κ1) is 15.9. The standard InChI is InChI=1S/C19H14F2N2OS/c20-13-6-4-11(5-7-13)15-9-16(15)18(24)23-19-22-17(10-25-19)12-2-1-3-14(21)8-12/h1-8,10,15-16H,9H2,(H,22,23,24). The van der Waals surface area contributed by atoms with Gasteiger partial charge >= 0.3 is 0 Å². The summed E-state index contributed by atoms with van der Waals surface area (Å²) in [5.41, 5.74) is 2.28. The number of nitrogens with one attached hydrogen (secondary N) is 1. The minimum absolute atomic E-state index is 0.0885. The topological polar surface area (TPSA) is 42.0 Å². The van der Waals surface area contributed by atoms with Crippen LogP contribution in [0.5, 0.6) is 0 Å². The van der Waals surface area contributed by atoms with Crippen LogP contribution < -0.4 is 5.32 Å². The number of amides is 1. The molecule has 2 unspecified atom stereocenters. The summed E-state index contributed by atoms with van der Waals surface area (Å²) in [6.45, 7) is 0. The minimum Gasteiger partial charge on any atom is -0.302 e. The van der Waals surface area contributed by atoms with E-state index >= 15 is 0 Å². The molecule has 2 atom stereocenters. The summed E-state index contributed by atoms with van der Waals surface area (Å²) in [5.74, 6) is -0.682. The summed E-state index contributed by atoms with van der Waals surface area (Å²) < 4.78 is 26.3. The van der Waals surface area contributed by atoms with Crippen molar-refractivity contribution < 1.29 is 13.6 Å². The van der Waals surface area contributed by atoms with Crippen LogP contribution in [0.15, 0.2) is 53.9 Å². The molecule has 1 fully saturated rings. The van der Waals surface area contributed by atoms with Gasteiger partial charge in [0, 0.05) is 16.9 Å². The highest BCUT2D eigenvalue weighted by Gasteiger charge is 2.44. The van der Waals surface area contributed by atoms with E-state index in [-0.39, 0.29) is 29.4 Å². The largest absolute Gasteiger partial charge is 0.302 e. The summed E-state index contributed by atoms with van der Waals surface area (Å²) in [7, 11) is 0. The Labute approximate surface area is 147 Å². The van der Waals surface area contributed by atoms with Gasteiger partial charge in [-0.3, -0.25) is 4.79 Å². The van der Waals surface area contributed by atoms with Crippen molar-refractivity contribution in [1.29, 1.82) is 0 Å². The number of hydrogen-bond donors (Lipinski definition) is 1. The molecule has 3 nitrogen and oxygen atoms in total. The number of anilines is 1. The van der Waals surface area contributed by atoms with Crippen LogP contribution in [0.1, 0.15) is 17.9 Å². The number of carbonyl (C=O) groups is 1. The molecule has 1 aliphatic carbocycles. The quantitative estimate of drug-likeness (QED) is 0.727. The van der Waals surface area contributed by atoms with Gasteiger partial charge in [0.15, 0.2) is 5.13 Å². The highest BCUT2D eigenvalue weighted by atomic mass is 32.1. The van der Waals surface area contributed by atoms with Crippen LogP contribution >= 0.6 is 11.3 Å². The Morgan fingerprint density at radius 1 is 1.12 bits per heavy atom. The molecule has 0 radical (unpaired) electrons. The molecule has 6 heteroatoms. The molecule has 0 spiro atoms. The van der Waals surface area contributed by atoms with E-state index in [9.17, 15) is 13.6 Å². The fraction of sp³-hybridized carbons (Fsp3) is 0.158. The lowest BCUT2D eigenvalue weighted by Gasteiger charge is -2.02. The van der Waals surface area contributed by atoms with Gasteiger partial charge in [-0.25, -0.2) is 13.8 Å². The van der Waals surface area contributed by atoms with Gasteiger partial charge in [-0.05, 0) is 42.2 Å². The van der Waals surface area contributed by atoms with E-state index in [1.807, 2.05) is 0 Å². The van der Waals surface area contributed by atoms with Crippen molar-refractivity contribution in [3.8, 4) is 11.3 Å². The maximum absolute atomic E-state index is 13.3. The third kappa shape index (κ3) is 3.44. The Kier molecular flexibility index (Phi) is 4.05. The Hall–Kier alpha value is -2.60. The minimum atomic E-state index is -0.323. The second kappa shape index (κ2) is 6.37. The zero-order chi connectivity index (χ0) is 17.4. The fourth-order valence-corrected chi connectivity index (χ4v) is 3.60. The summed E-state index contributed by atoms with van der Waals surface area (Å²) in [4.78, 5) is 16.7. The zero-order valence-electron chi connectivity index (χ0n) is 13.1. The summed E-state index contributed by atoms with van der Waals surface area (Å²) in [6, 6.07) is 12.4. The summed E-state index contributed by atoms with van der Waals surface area (Å²) in [5, 5.41) is 5.10. The third-order valence-electron chi connectivity index (χ3n) is 4.28. The van der Waals surface area contributed by atoms with Crippen molar-refractivity contribution >= 4 is 22.4 Å². The van der Waals surface area contributed by atoms with Gasteiger partial charge in [0.1, 0.15) is 11.6 Å². The van der Waals surface area contributed by atoms with Crippen molar-refractivity contribution in [3.05, 3.63) is 71.1 Å². The van der Waals surface area contributed by atoms with Gasteiger partial charge in [0.05, 0.1) is 5.69 Å². The number of rotatable bonds is 4. The van der Waals surface area contributed by atoms with Crippen molar-refractivity contribution in [3.63, 3.8) is 0 Å². The van der Waals surface area contributed by atoms with Crippen molar-refractivity contribution in [2.45, 2.75) is 12.3 Å². The average Bonchev–Trinajstić information content (AvgIpc) is 3.27. The van der Waals surface area contributed by atoms with E-state index in [1.165, 1.54) is 35.6 Å². The number of carbonyl (C=O) groups excluding carboxylic acids is 1. The van der Waals surface area contributed by atoms with Gasteiger partial charge in [0.2, 0.25) is 5.91 Å². The van der Waals surface area contributed by atoms with Crippen LogP contribution in [0.4, 0.5) is 13.9 Å². The van der Waals surface area contributed by atoms with E-state index in [1.54, 1.807) is 29.6 Å². The van der Waals surface area contributed by atoms with Gasteiger partial charge in [0.25, 0.3) is 0 Å². The molecule has 1 amide bonds. The molecule has 0 saturated heterocycles. The second-order valence-electron chi connectivity index (χ2n) is 6.04. The highest BCUT2D eigenvalue weighted by molar-refractivity contribution is 7.14. The molecule has 1 heterocycles. The number of halogens is 2. The van der Waals surface area contributed by atoms with Gasteiger partial charge in [-0.15, -0.1) is 11.3 Å². The lowest BCUT2D eigenvalue weighted by molar-refractivity contribution is -0.117. The smallest absolute Gasteiger partial charge is 0.229 e. The normalized spacial score (nSPS) is 18.8. The van der Waals surface area contributed by atoms with E-state index in [0.29, 0.717) is 16.4 Å². The Morgan fingerprint density at radius 2 is 1.92 bits per heavy atom. The fourth-order valence-electron chi connectivity index (χ4n) is 2.87. The van der Waals surface area contributed by atoms with Gasteiger partial charge in [-0.2, -0.15) is 0 Å². The van der Waals surface area contributed by atoms with Crippen LogP contribution in [-0.2, 0) is 4.79 Å². The first-order chi connectivity index (χ1) is 12.1. The molecule has 1 aromatic heterocycles. The highest BCUT2D eigenvalue weighted by Crippen LogP contribution is 2.48. The molecule has 1 aliphatic rings. The van der Waals surface area contributed by atoms with E-state index < -0.39 is 0 Å². The predicted octanol–water partition coefficient (Wildman–Crippen LogP) is 4.83. The lowest BCUT2D eigenvalue weighted by atomic mass is 10.1. The molecule has 0 aliphatic heterocycles. The SMILES string of the molecule is O=C(Nc1nc(-c2cccc(F)c2)cs1)C1CC1c1ccc(F)cc1. The van der Waals surface area contributed by atoms with E-state index in [0.717, 1.165) is 12.0 Å². The average molecular weight is 356 g/mol. The molecule has 3 aromatic rings. The molecule has 25 heavy (non-hydrogen) atoms. The monoisotopic (exact) mass is 356 g/mol. The maximum Gasteiger partial charge on any atom is 0.229 e. The number of hydrogen-bond acceptors (Lipinski definition) is 3. The first-order valence-electron chi connectivity index (χ1n) is 7.88. The molecule has 2 aromatic carbocycles. The third-order valence-corrected chi connectivity index (χ3v) is 5.04. The number of benzene rings is 2. The molecule has 0 bridgehead atoms. The van der Waals surface area contributed by atoms with Crippen LogP contribution in [0.3, 0.4) is 0 Å². The van der Waals surface area contributed by atoms with Crippen molar-refractivity contribution in [2.75, 3.05) is 5.32 Å². The molecule has 1 saturated carbocycles. The van der Waals surface area contributed by atoms with Crippen molar-refractivity contribution in [2.24, 2.45) is 5.92 Å². The van der Waals surface area contributed by atoms with Crippen LogP contribution in [0, 0.1) is 17.6 Å². The summed E-state index contributed by atoms with van der Waals surface area (Å²) in [6.07, 6.45) is 0.750. The van der Waals surface area contributed by atoms with Crippen LogP contribution in [-0.4, -0.2) is 10.9 Å². The number of thiazole rings is 1. The van der Waals surface area contributed by atoms with E-state index in [4.69, 9.17) is 0 Å². The zero-order valence-corrected chi connectivity index (χ0v) is 13.9.